The standard InChI is InChI=1S/C12H15N3/c1-8-11-4-3-5-12(14-10-6-7-10)15(11)9(2)13-8/h3-5,10,14H,6-7H2,1-2H3. The molecule has 1 N–H and O–H groups in total. The van der Waals surface area contributed by atoms with E-state index in [1.54, 1.807) is 0 Å². The molecule has 0 atom stereocenters. The molecule has 15 heavy (non-hydrogen) atoms. The summed E-state index contributed by atoms with van der Waals surface area (Å²) in [5, 5.41) is 3.54. The van der Waals surface area contributed by atoms with Gasteiger partial charge in [0, 0.05) is 6.04 Å². The lowest BCUT2D eigenvalue weighted by molar-refractivity contribution is 1.01. The molecule has 1 saturated carbocycles. The lowest BCUT2D eigenvalue weighted by atomic mass is 10.3. The summed E-state index contributed by atoms with van der Waals surface area (Å²) >= 11 is 0. The largest absolute Gasteiger partial charge is 0.368 e. The van der Waals surface area contributed by atoms with Crippen LogP contribution in [0.25, 0.3) is 5.52 Å². The molecule has 0 bridgehead atoms. The minimum absolute atomic E-state index is 0.678. The zero-order valence-electron chi connectivity index (χ0n) is 9.12. The monoisotopic (exact) mass is 201 g/mol. The summed E-state index contributed by atoms with van der Waals surface area (Å²) in [6, 6.07) is 7.01. The molecule has 1 aliphatic rings. The zero-order valence-corrected chi connectivity index (χ0v) is 9.12. The predicted octanol–water partition coefficient (Wildman–Crippen LogP) is 2.53. The molecule has 2 heterocycles. The Labute approximate surface area is 89.1 Å². The van der Waals surface area contributed by atoms with E-state index in [0.717, 1.165) is 11.5 Å². The molecule has 0 radical (unpaired) electrons. The average molecular weight is 201 g/mol. The second-order valence-corrected chi connectivity index (χ2v) is 4.29. The van der Waals surface area contributed by atoms with Crippen LogP contribution in [0.4, 0.5) is 5.82 Å². The van der Waals surface area contributed by atoms with E-state index in [0.29, 0.717) is 6.04 Å². The lowest BCUT2D eigenvalue weighted by Crippen LogP contribution is -2.06. The number of aryl methyl sites for hydroxylation is 2. The van der Waals surface area contributed by atoms with Crippen LogP contribution in [0.5, 0.6) is 0 Å². The van der Waals surface area contributed by atoms with Gasteiger partial charge in [0.25, 0.3) is 0 Å². The van der Waals surface area contributed by atoms with Gasteiger partial charge in [-0.15, -0.1) is 0 Å². The molecule has 0 spiro atoms. The summed E-state index contributed by atoms with van der Waals surface area (Å²) in [7, 11) is 0. The minimum Gasteiger partial charge on any atom is -0.368 e. The topological polar surface area (TPSA) is 29.3 Å². The van der Waals surface area contributed by atoms with Crippen molar-refractivity contribution in [2.75, 3.05) is 5.32 Å². The van der Waals surface area contributed by atoms with E-state index in [4.69, 9.17) is 0 Å². The number of fused-ring (bicyclic) bond motifs is 1. The Kier molecular flexibility index (Phi) is 1.75. The highest BCUT2D eigenvalue weighted by Crippen LogP contribution is 2.26. The van der Waals surface area contributed by atoms with Crippen LogP contribution in [-0.2, 0) is 0 Å². The Hall–Kier alpha value is -1.51. The van der Waals surface area contributed by atoms with Gasteiger partial charge in [0.15, 0.2) is 0 Å². The van der Waals surface area contributed by atoms with Crippen LogP contribution in [0.1, 0.15) is 24.4 Å². The van der Waals surface area contributed by atoms with E-state index < -0.39 is 0 Å². The van der Waals surface area contributed by atoms with E-state index in [2.05, 4.69) is 46.7 Å². The number of aromatic nitrogens is 2. The lowest BCUT2D eigenvalue weighted by Gasteiger charge is -2.08. The molecule has 3 nitrogen and oxygen atoms in total. The molecule has 0 unspecified atom stereocenters. The summed E-state index contributed by atoms with van der Waals surface area (Å²) in [4.78, 5) is 4.50. The fourth-order valence-electron chi connectivity index (χ4n) is 2.04. The minimum atomic E-state index is 0.678. The predicted molar refractivity (Wildman–Crippen MR) is 61.3 cm³/mol. The zero-order chi connectivity index (χ0) is 10.4. The van der Waals surface area contributed by atoms with Crippen molar-refractivity contribution in [2.45, 2.75) is 32.7 Å². The Morgan fingerprint density at radius 3 is 2.87 bits per heavy atom. The maximum absolute atomic E-state index is 4.50. The summed E-state index contributed by atoms with van der Waals surface area (Å²) in [6.07, 6.45) is 2.59. The molecule has 0 amide bonds. The number of nitrogens with zero attached hydrogens (tertiary/aromatic N) is 2. The number of nitrogens with one attached hydrogen (secondary N) is 1. The van der Waals surface area contributed by atoms with Crippen molar-refractivity contribution in [3.8, 4) is 0 Å². The second kappa shape index (κ2) is 2.99. The number of imidazole rings is 1. The van der Waals surface area contributed by atoms with E-state index in [1.807, 2.05) is 0 Å². The SMILES string of the molecule is Cc1nc(C)n2c(NC3CC3)cccc12. The van der Waals surface area contributed by atoms with Gasteiger partial charge in [0.05, 0.1) is 11.2 Å². The molecule has 0 aliphatic heterocycles. The molecular weight excluding hydrogens is 186 g/mol. The number of anilines is 1. The molecule has 2 aromatic heterocycles. The van der Waals surface area contributed by atoms with E-state index in [1.165, 1.54) is 24.2 Å². The molecule has 1 aliphatic carbocycles. The summed E-state index contributed by atoms with van der Waals surface area (Å²) in [5.41, 5.74) is 2.31. The van der Waals surface area contributed by atoms with Crippen molar-refractivity contribution in [3.05, 3.63) is 29.7 Å². The molecule has 0 aromatic carbocycles. The van der Waals surface area contributed by atoms with Gasteiger partial charge in [-0.3, -0.25) is 4.40 Å². The average Bonchev–Trinajstić information content (AvgIpc) is 2.96. The molecule has 2 aromatic rings. The Morgan fingerprint density at radius 2 is 2.13 bits per heavy atom. The number of rotatable bonds is 2. The van der Waals surface area contributed by atoms with Crippen LogP contribution in [0, 0.1) is 13.8 Å². The fraction of sp³-hybridized carbons (Fsp3) is 0.417. The first kappa shape index (κ1) is 8.77. The third-order valence-corrected chi connectivity index (χ3v) is 2.94. The van der Waals surface area contributed by atoms with Crippen molar-refractivity contribution < 1.29 is 0 Å². The quantitative estimate of drug-likeness (QED) is 0.809. The van der Waals surface area contributed by atoms with Crippen molar-refractivity contribution >= 4 is 11.3 Å². The van der Waals surface area contributed by atoms with Crippen molar-refractivity contribution in [1.82, 2.24) is 9.38 Å². The molecule has 3 heteroatoms. The van der Waals surface area contributed by atoms with Crippen LogP contribution in [0.2, 0.25) is 0 Å². The molecular formula is C12H15N3. The first-order valence-corrected chi connectivity index (χ1v) is 5.47. The third kappa shape index (κ3) is 1.39. The first-order chi connectivity index (χ1) is 7.25. The second-order valence-electron chi connectivity index (χ2n) is 4.29. The summed E-state index contributed by atoms with van der Waals surface area (Å²) in [6.45, 7) is 4.11. The number of hydrogen-bond donors (Lipinski definition) is 1. The van der Waals surface area contributed by atoms with Gasteiger partial charge in [-0.1, -0.05) is 6.07 Å². The number of pyridine rings is 1. The summed E-state index contributed by atoms with van der Waals surface area (Å²) < 4.78 is 2.20. The smallest absolute Gasteiger partial charge is 0.112 e. The molecule has 3 rings (SSSR count). The maximum atomic E-state index is 4.50. The normalized spacial score (nSPS) is 15.9. The van der Waals surface area contributed by atoms with Crippen LogP contribution >= 0.6 is 0 Å². The van der Waals surface area contributed by atoms with Crippen LogP contribution in [0.3, 0.4) is 0 Å². The van der Waals surface area contributed by atoms with Crippen molar-refractivity contribution in [3.63, 3.8) is 0 Å². The van der Waals surface area contributed by atoms with Gasteiger partial charge in [-0.2, -0.15) is 0 Å². The highest BCUT2D eigenvalue weighted by Gasteiger charge is 2.22. The highest BCUT2D eigenvalue weighted by molar-refractivity contribution is 5.59. The van der Waals surface area contributed by atoms with Crippen LogP contribution < -0.4 is 5.32 Å². The van der Waals surface area contributed by atoms with Gasteiger partial charge >= 0.3 is 0 Å². The van der Waals surface area contributed by atoms with Gasteiger partial charge in [-0.05, 0) is 38.8 Å². The third-order valence-electron chi connectivity index (χ3n) is 2.94. The van der Waals surface area contributed by atoms with Gasteiger partial charge in [0.1, 0.15) is 11.6 Å². The van der Waals surface area contributed by atoms with Crippen LogP contribution in [-0.4, -0.2) is 15.4 Å². The van der Waals surface area contributed by atoms with Crippen molar-refractivity contribution in [1.29, 1.82) is 0 Å². The van der Waals surface area contributed by atoms with Crippen molar-refractivity contribution in [2.24, 2.45) is 0 Å². The molecule has 78 valence electrons. The highest BCUT2D eigenvalue weighted by atomic mass is 15.1. The van der Waals surface area contributed by atoms with Gasteiger partial charge in [-0.25, -0.2) is 4.98 Å². The molecule has 1 fully saturated rings. The van der Waals surface area contributed by atoms with E-state index >= 15 is 0 Å². The Balaban J connectivity index is 2.18. The van der Waals surface area contributed by atoms with Crippen LogP contribution in [0.15, 0.2) is 18.2 Å². The summed E-state index contributed by atoms with van der Waals surface area (Å²) in [5.74, 6) is 2.24. The fourth-order valence-corrected chi connectivity index (χ4v) is 2.04. The van der Waals surface area contributed by atoms with Gasteiger partial charge < -0.3 is 5.32 Å². The maximum Gasteiger partial charge on any atom is 0.112 e. The first-order valence-electron chi connectivity index (χ1n) is 5.47. The van der Waals surface area contributed by atoms with E-state index in [9.17, 15) is 0 Å². The van der Waals surface area contributed by atoms with Gasteiger partial charge in [0.2, 0.25) is 0 Å². The Morgan fingerprint density at radius 1 is 1.33 bits per heavy atom. The molecule has 0 saturated heterocycles. The van der Waals surface area contributed by atoms with E-state index in [-0.39, 0.29) is 0 Å². The number of hydrogen-bond acceptors (Lipinski definition) is 2. The Bertz CT molecular complexity index is 509.